The molecular weight excluding hydrogens is 253 g/mol. The third-order valence-electron chi connectivity index (χ3n) is 1.75. The van der Waals surface area contributed by atoms with Crippen LogP contribution in [-0.4, -0.2) is 10.8 Å². The number of hydrogen-bond donors (Lipinski definition) is 1. The van der Waals surface area contributed by atoms with E-state index in [1.54, 1.807) is 6.07 Å². The van der Waals surface area contributed by atoms with Crippen LogP contribution < -0.4 is 5.32 Å². The van der Waals surface area contributed by atoms with E-state index in [-0.39, 0.29) is 10.7 Å². The molecule has 0 bridgehead atoms. The minimum Gasteiger partial charge on any atom is -0.319 e. The summed E-state index contributed by atoms with van der Waals surface area (Å²) >= 11 is 5.44. The number of hydrogen-bond acceptors (Lipinski definition) is 4. The fourth-order valence-corrected chi connectivity index (χ4v) is 1.22. The molecule has 17 heavy (non-hydrogen) atoms. The first-order chi connectivity index (χ1) is 7.95. The highest BCUT2D eigenvalue weighted by molar-refractivity contribution is 6.31. The first kappa shape index (κ1) is 12.9. The average molecular weight is 258 g/mol. The van der Waals surface area contributed by atoms with E-state index in [0.717, 1.165) is 6.07 Å². The van der Waals surface area contributed by atoms with Gasteiger partial charge in [0.05, 0.1) is 22.1 Å². The second kappa shape index (κ2) is 5.23. The third kappa shape index (κ3) is 3.12. The zero-order valence-electron chi connectivity index (χ0n) is 8.24. The van der Waals surface area contributed by atoms with E-state index in [0.29, 0.717) is 6.07 Å². The molecule has 1 aromatic rings. The fraction of sp³-hybridized carbons (Fsp3) is 0.111. The summed E-state index contributed by atoms with van der Waals surface area (Å²) in [5.74, 6) is -1.70. The number of rotatable bonds is 3. The van der Waals surface area contributed by atoms with Gasteiger partial charge in [-0.25, -0.2) is 4.39 Å². The van der Waals surface area contributed by atoms with Crippen molar-refractivity contribution in [2.24, 2.45) is 0 Å². The Morgan fingerprint density at radius 2 is 2.29 bits per heavy atom. The van der Waals surface area contributed by atoms with Crippen LogP contribution in [0, 0.1) is 27.3 Å². The maximum absolute atomic E-state index is 13.0. The van der Waals surface area contributed by atoms with E-state index in [2.05, 4.69) is 5.32 Å². The molecule has 0 aliphatic heterocycles. The number of nitro groups is 1. The molecule has 8 heteroatoms. The van der Waals surface area contributed by atoms with Crippen molar-refractivity contribution in [3.8, 4) is 6.07 Å². The molecule has 1 N–H and O–H groups in total. The van der Waals surface area contributed by atoms with Crippen molar-refractivity contribution in [3.63, 3.8) is 0 Å². The van der Waals surface area contributed by atoms with Gasteiger partial charge in [0.1, 0.15) is 17.9 Å². The molecule has 88 valence electrons. The van der Waals surface area contributed by atoms with Crippen molar-refractivity contribution in [1.82, 2.24) is 0 Å². The molecule has 0 saturated carbocycles. The molecular formula is C9H5ClFN3O3. The minimum absolute atomic E-state index is 0.248. The minimum atomic E-state index is -0.961. The Morgan fingerprint density at radius 1 is 1.65 bits per heavy atom. The first-order valence-electron chi connectivity index (χ1n) is 4.26. The highest BCUT2D eigenvalue weighted by Gasteiger charge is 2.19. The molecule has 0 atom stereocenters. The summed E-state index contributed by atoms with van der Waals surface area (Å²) in [5, 5.41) is 20.6. The third-order valence-corrected chi connectivity index (χ3v) is 2.04. The van der Waals surface area contributed by atoms with E-state index < -0.39 is 28.8 Å². The number of amides is 1. The largest absolute Gasteiger partial charge is 0.319 e. The molecule has 1 amide bonds. The lowest BCUT2D eigenvalue weighted by molar-refractivity contribution is -0.384. The number of nitriles is 1. The SMILES string of the molecule is N#CCC(=O)Nc1cc(Cl)c(F)cc1[N+](=O)[O-]. The summed E-state index contributed by atoms with van der Waals surface area (Å²) in [4.78, 5) is 20.8. The van der Waals surface area contributed by atoms with Gasteiger partial charge in [-0.2, -0.15) is 5.26 Å². The standard InChI is InChI=1S/C9H5ClFN3O3/c10-5-3-7(13-9(15)1-2-12)8(14(16)17)4-6(5)11/h3-4H,1H2,(H,13,15). The van der Waals surface area contributed by atoms with Gasteiger partial charge < -0.3 is 5.32 Å². The quantitative estimate of drug-likeness (QED) is 0.663. The van der Waals surface area contributed by atoms with Gasteiger partial charge >= 0.3 is 0 Å². The van der Waals surface area contributed by atoms with Crippen molar-refractivity contribution in [2.45, 2.75) is 6.42 Å². The van der Waals surface area contributed by atoms with Crippen LogP contribution in [0.4, 0.5) is 15.8 Å². The Hall–Kier alpha value is -2.20. The average Bonchev–Trinajstić information content (AvgIpc) is 2.23. The van der Waals surface area contributed by atoms with Crippen LogP contribution in [0.2, 0.25) is 5.02 Å². The molecule has 0 saturated heterocycles. The smallest absolute Gasteiger partial charge is 0.295 e. The highest BCUT2D eigenvalue weighted by atomic mass is 35.5. The highest BCUT2D eigenvalue weighted by Crippen LogP contribution is 2.30. The summed E-state index contributed by atoms with van der Waals surface area (Å²) in [6.45, 7) is 0. The Kier molecular flexibility index (Phi) is 3.96. The fourth-order valence-electron chi connectivity index (χ4n) is 1.05. The normalized spacial score (nSPS) is 9.47. The molecule has 0 heterocycles. The van der Waals surface area contributed by atoms with Crippen molar-refractivity contribution in [1.29, 1.82) is 5.26 Å². The Bertz CT molecular complexity index is 527. The number of nitrogens with zero attached hydrogens (tertiary/aromatic N) is 2. The van der Waals surface area contributed by atoms with Gasteiger partial charge in [-0.05, 0) is 6.07 Å². The summed E-state index contributed by atoms with van der Waals surface area (Å²) in [6.07, 6.45) is -0.466. The molecule has 0 spiro atoms. The monoisotopic (exact) mass is 257 g/mol. The number of halogens is 2. The molecule has 1 rings (SSSR count). The van der Waals surface area contributed by atoms with Crippen LogP contribution in [0.15, 0.2) is 12.1 Å². The number of nitrogens with one attached hydrogen (secondary N) is 1. The van der Waals surface area contributed by atoms with E-state index in [1.165, 1.54) is 0 Å². The predicted molar refractivity (Wildman–Crippen MR) is 56.9 cm³/mol. The molecule has 1 aromatic carbocycles. The van der Waals surface area contributed by atoms with Gasteiger partial charge in [-0.15, -0.1) is 0 Å². The predicted octanol–water partition coefficient (Wildman–Crippen LogP) is 2.24. The molecule has 0 aliphatic rings. The zero-order valence-corrected chi connectivity index (χ0v) is 8.99. The van der Waals surface area contributed by atoms with E-state index in [4.69, 9.17) is 16.9 Å². The Balaban J connectivity index is 3.14. The molecule has 6 nitrogen and oxygen atoms in total. The van der Waals surface area contributed by atoms with Gasteiger partial charge in [-0.3, -0.25) is 14.9 Å². The lowest BCUT2D eigenvalue weighted by atomic mass is 10.2. The lowest BCUT2D eigenvalue weighted by Crippen LogP contribution is -2.12. The molecule has 0 aliphatic carbocycles. The second-order valence-electron chi connectivity index (χ2n) is 2.92. The summed E-state index contributed by atoms with van der Waals surface area (Å²) < 4.78 is 13.0. The summed E-state index contributed by atoms with van der Waals surface area (Å²) in [7, 11) is 0. The number of carbonyl (C=O) groups is 1. The van der Waals surface area contributed by atoms with Crippen LogP contribution in [0.3, 0.4) is 0 Å². The van der Waals surface area contributed by atoms with Gasteiger partial charge in [-0.1, -0.05) is 11.6 Å². The summed E-state index contributed by atoms with van der Waals surface area (Å²) in [6, 6.07) is 3.10. The van der Waals surface area contributed by atoms with Crippen LogP contribution in [0.1, 0.15) is 6.42 Å². The van der Waals surface area contributed by atoms with Gasteiger partial charge in [0.2, 0.25) is 5.91 Å². The maximum atomic E-state index is 13.0. The Labute approximate surface area is 99.8 Å². The van der Waals surface area contributed by atoms with Crippen LogP contribution in [-0.2, 0) is 4.79 Å². The van der Waals surface area contributed by atoms with Crippen molar-refractivity contribution in [3.05, 3.63) is 33.1 Å². The van der Waals surface area contributed by atoms with Crippen LogP contribution in [0.5, 0.6) is 0 Å². The Morgan fingerprint density at radius 3 is 2.82 bits per heavy atom. The molecule has 0 radical (unpaired) electrons. The molecule has 0 fully saturated rings. The molecule has 0 unspecified atom stereocenters. The van der Waals surface area contributed by atoms with E-state index in [9.17, 15) is 19.3 Å². The molecule has 0 aromatic heterocycles. The lowest BCUT2D eigenvalue weighted by Gasteiger charge is -2.05. The van der Waals surface area contributed by atoms with Crippen molar-refractivity contribution < 1.29 is 14.1 Å². The number of carbonyl (C=O) groups excluding carboxylic acids is 1. The van der Waals surface area contributed by atoms with E-state index >= 15 is 0 Å². The first-order valence-corrected chi connectivity index (χ1v) is 4.63. The van der Waals surface area contributed by atoms with Crippen molar-refractivity contribution >= 4 is 28.9 Å². The number of benzene rings is 1. The number of nitro benzene ring substituents is 1. The number of anilines is 1. The van der Waals surface area contributed by atoms with Crippen molar-refractivity contribution in [2.75, 3.05) is 5.32 Å². The summed E-state index contributed by atoms with van der Waals surface area (Å²) in [5.41, 5.74) is -0.875. The van der Waals surface area contributed by atoms with E-state index in [1.807, 2.05) is 0 Å². The second-order valence-corrected chi connectivity index (χ2v) is 3.33. The van der Waals surface area contributed by atoms with Gasteiger partial charge in [0.25, 0.3) is 5.69 Å². The van der Waals surface area contributed by atoms with Gasteiger partial charge in [0, 0.05) is 0 Å². The zero-order chi connectivity index (χ0) is 13.0. The maximum Gasteiger partial charge on any atom is 0.295 e. The van der Waals surface area contributed by atoms with Gasteiger partial charge in [0.15, 0.2) is 0 Å². The topological polar surface area (TPSA) is 96.0 Å². The van der Waals surface area contributed by atoms with Crippen LogP contribution in [0.25, 0.3) is 0 Å². The van der Waals surface area contributed by atoms with Crippen LogP contribution >= 0.6 is 11.6 Å².